The summed E-state index contributed by atoms with van der Waals surface area (Å²) in [4.78, 5) is 11.0. The van der Waals surface area contributed by atoms with E-state index in [4.69, 9.17) is 9.84 Å². The van der Waals surface area contributed by atoms with Crippen LogP contribution in [-0.2, 0) is 4.74 Å². The van der Waals surface area contributed by atoms with E-state index in [9.17, 15) is 18.3 Å². The minimum atomic E-state index is -4.26. The highest BCUT2D eigenvalue weighted by Crippen LogP contribution is 2.34. The summed E-state index contributed by atoms with van der Waals surface area (Å²) >= 11 is 0. The van der Waals surface area contributed by atoms with E-state index in [-0.39, 0.29) is 24.6 Å². The van der Waals surface area contributed by atoms with Crippen LogP contribution in [0.1, 0.15) is 38.1 Å². The van der Waals surface area contributed by atoms with Crippen LogP contribution in [0.4, 0.5) is 24.8 Å². The zero-order valence-electron chi connectivity index (χ0n) is 19.2. The van der Waals surface area contributed by atoms with Gasteiger partial charge in [0.25, 0.3) is 0 Å². The second-order valence-electron chi connectivity index (χ2n) is 8.96. The highest BCUT2D eigenvalue weighted by atomic mass is 19.4. The molecule has 0 spiro atoms. The van der Waals surface area contributed by atoms with Gasteiger partial charge in [0.2, 0.25) is 5.95 Å². The first-order valence-corrected chi connectivity index (χ1v) is 11.9. The van der Waals surface area contributed by atoms with Crippen molar-refractivity contribution in [3.63, 3.8) is 0 Å². The smallest absolute Gasteiger partial charge is 0.390 e. The number of nitrogens with one attached hydrogen (secondary N) is 1. The lowest BCUT2D eigenvalue weighted by molar-refractivity contribution is -0.131. The number of hydrogen-bond donors (Lipinski definition) is 2. The minimum Gasteiger partial charge on any atom is -0.393 e. The number of rotatable bonds is 6. The quantitative estimate of drug-likeness (QED) is 0.546. The van der Waals surface area contributed by atoms with Crippen molar-refractivity contribution in [2.75, 3.05) is 43.1 Å². The maximum atomic E-state index is 12.6. The first-order chi connectivity index (χ1) is 16.9. The number of ether oxygens (including phenoxy) is 1. The summed E-state index contributed by atoms with van der Waals surface area (Å²) in [6, 6.07) is 10.4. The summed E-state index contributed by atoms with van der Waals surface area (Å²) in [6.07, 6.45) is -1.15. The average molecular weight is 489 g/mol. The molecule has 2 aliphatic rings. The molecule has 3 aromatic rings. The van der Waals surface area contributed by atoms with Crippen LogP contribution >= 0.6 is 0 Å². The van der Waals surface area contributed by atoms with Crippen LogP contribution in [0.25, 0.3) is 22.3 Å². The number of alkyl halides is 3. The molecule has 1 aliphatic carbocycles. The largest absolute Gasteiger partial charge is 0.393 e. The number of morpholine rings is 1. The molecule has 5 rings (SSSR count). The molecule has 1 saturated carbocycles. The van der Waals surface area contributed by atoms with E-state index in [0.29, 0.717) is 42.8 Å². The molecule has 2 N–H and O–H groups in total. The Labute approximate surface area is 201 Å². The van der Waals surface area contributed by atoms with E-state index in [1.54, 1.807) is 6.20 Å². The topological polar surface area (TPSA) is 88.3 Å². The van der Waals surface area contributed by atoms with Gasteiger partial charge in [-0.25, -0.2) is 9.67 Å². The van der Waals surface area contributed by atoms with Gasteiger partial charge in [-0.2, -0.15) is 23.3 Å². The summed E-state index contributed by atoms with van der Waals surface area (Å²) in [7, 11) is 0. The lowest BCUT2D eigenvalue weighted by atomic mass is 9.93. The Hall–Kier alpha value is -3.10. The predicted molar refractivity (Wildman–Crippen MR) is 124 cm³/mol. The van der Waals surface area contributed by atoms with Crippen LogP contribution in [0.2, 0.25) is 0 Å². The first-order valence-electron chi connectivity index (χ1n) is 11.9. The van der Waals surface area contributed by atoms with Crippen molar-refractivity contribution in [2.45, 2.75) is 50.4 Å². The van der Waals surface area contributed by atoms with Gasteiger partial charge in [0.05, 0.1) is 48.4 Å². The molecule has 0 atom stereocenters. The van der Waals surface area contributed by atoms with E-state index in [1.807, 2.05) is 16.8 Å². The second-order valence-corrected chi connectivity index (χ2v) is 8.96. The number of nitrogens with zero attached hydrogens (tertiary/aromatic N) is 5. The first kappa shape index (κ1) is 23.6. The van der Waals surface area contributed by atoms with Gasteiger partial charge in [-0.05, 0) is 43.9 Å². The van der Waals surface area contributed by atoms with Crippen molar-refractivity contribution in [2.24, 2.45) is 0 Å². The van der Waals surface area contributed by atoms with Crippen LogP contribution in [0.15, 0.2) is 18.3 Å². The van der Waals surface area contributed by atoms with Crippen molar-refractivity contribution in [3.05, 3.63) is 30.5 Å². The molecule has 0 bridgehead atoms. The zero-order chi connectivity index (χ0) is 24.4. The molecular formula is C24H27F3N6O2. The summed E-state index contributed by atoms with van der Waals surface area (Å²) in [5.74, 6) is 0.128. The molecule has 11 heteroatoms. The number of aliphatic hydroxyl groups is 1. The highest BCUT2D eigenvalue weighted by molar-refractivity contribution is 5.91. The Morgan fingerprint density at radius 3 is 2.57 bits per heavy atom. The summed E-state index contributed by atoms with van der Waals surface area (Å²) in [5.41, 5.74) is 2.88. The van der Waals surface area contributed by atoms with Crippen molar-refractivity contribution in [3.8, 4) is 11.3 Å². The van der Waals surface area contributed by atoms with Gasteiger partial charge in [-0.1, -0.05) is 6.07 Å². The van der Waals surface area contributed by atoms with Crippen molar-refractivity contribution in [1.29, 1.82) is 0 Å². The molecule has 8 nitrogen and oxygen atoms in total. The van der Waals surface area contributed by atoms with Crippen LogP contribution in [0.3, 0.4) is 0 Å². The Morgan fingerprint density at radius 1 is 1.11 bits per heavy atom. The fourth-order valence-corrected chi connectivity index (χ4v) is 4.58. The third kappa shape index (κ3) is 5.44. The maximum absolute atomic E-state index is 12.6. The fraction of sp³-hybridized carbons (Fsp3) is 0.542. The molecule has 0 amide bonds. The Bertz CT molecular complexity index is 1140. The normalized spacial score (nSPS) is 21.2. The standard InChI is InChI=1S/C24H27F3N6O2/c25-24(26,27)9-10-28-23-29-15-20-21(16-1-3-17(4-2-16)32-11-13-35-14-12-32)31-33(22(20)30-23)18-5-7-19(34)8-6-18/h1,3,15,18-19,34H,5-14H2,(H,28,29,30). The fourth-order valence-electron chi connectivity index (χ4n) is 4.58. The second kappa shape index (κ2) is 9.87. The SMILES string of the molecule is OC1CCC(n2nc(-c3c#cc(N4CCOCC4)cc3)c3cnc(NCCC(F)(F)F)nc32)CC1. The summed E-state index contributed by atoms with van der Waals surface area (Å²) in [6.45, 7) is 2.64. The third-order valence-electron chi connectivity index (χ3n) is 6.49. The minimum absolute atomic E-state index is 0.0316. The molecule has 186 valence electrons. The van der Waals surface area contributed by atoms with Crippen LogP contribution in [-0.4, -0.2) is 70.0 Å². The zero-order valence-corrected chi connectivity index (χ0v) is 19.2. The Kier molecular flexibility index (Phi) is 6.67. The molecule has 2 aromatic heterocycles. The summed E-state index contributed by atoms with van der Waals surface area (Å²) < 4.78 is 44.9. The molecular weight excluding hydrogens is 461 g/mol. The lowest BCUT2D eigenvalue weighted by Gasteiger charge is -2.27. The number of halogens is 3. The Balaban J connectivity index is 1.46. The number of hydrogen-bond acceptors (Lipinski definition) is 7. The number of anilines is 2. The van der Waals surface area contributed by atoms with Gasteiger partial charge >= 0.3 is 6.18 Å². The third-order valence-corrected chi connectivity index (χ3v) is 6.49. The molecule has 1 aromatic carbocycles. The van der Waals surface area contributed by atoms with E-state index in [2.05, 4.69) is 32.3 Å². The number of aromatic nitrogens is 4. The molecule has 2 fully saturated rings. The van der Waals surface area contributed by atoms with Gasteiger partial charge in [0.15, 0.2) is 5.65 Å². The molecule has 3 heterocycles. The van der Waals surface area contributed by atoms with E-state index >= 15 is 0 Å². The predicted octanol–water partition coefficient (Wildman–Crippen LogP) is 3.77. The van der Waals surface area contributed by atoms with E-state index < -0.39 is 12.6 Å². The number of fused-ring (bicyclic) bond motifs is 1. The number of aliphatic hydroxyl groups excluding tert-OH is 1. The van der Waals surface area contributed by atoms with Crippen LogP contribution in [0.5, 0.6) is 0 Å². The monoisotopic (exact) mass is 488 g/mol. The van der Waals surface area contributed by atoms with Crippen molar-refractivity contribution in [1.82, 2.24) is 19.7 Å². The van der Waals surface area contributed by atoms with Crippen molar-refractivity contribution >= 4 is 22.7 Å². The molecule has 35 heavy (non-hydrogen) atoms. The molecule has 0 radical (unpaired) electrons. The average Bonchev–Trinajstić information content (AvgIpc) is 3.23. The van der Waals surface area contributed by atoms with Gasteiger partial charge in [0, 0.05) is 25.8 Å². The van der Waals surface area contributed by atoms with E-state index in [1.165, 1.54) is 0 Å². The van der Waals surface area contributed by atoms with Gasteiger partial charge < -0.3 is 20.1 Å². The molecule has 0 unspecified atom stereocenters. The van der Waals surface area contributed by atoms with Crippen LogP contribution < -0.4 is 10.2 Å². The maximum Gasteiger partial charge on any atom is 0.390 e. The van der Waals surface area contributed by atoms with Gasteiger partial charge in [-0.15, -0.1) is 0 Å². The van der Waals surface area contributed by atoms with Gasteiger partial charge in [0.1, 0.15) is 5.69 Å². The summed E-state index contributed by atoms with van der Waals surface area (Å²) in [5, 5.41) is 18.1. The van der Waals surface area contributed by atoms with E-state index in [0.717, 1.165) is 37.2 Å². The molecule has 1 aliphatic heterocycles. The Morgan fingerprint density at radius 2 is 1.89 bits per heavy atom. The van der Waals surface area contributed by atoms with Crippen molar-refractivity contribution < 1.29 is 23.0 Å². The van der Waals surface area contributed by atoms with Crippen LogP contribution in [0, 0.1) is 12.1 Å². The lowest BCUT2D eigenvalue weighted by Crippen LogP contribution is -2.36. The van der Waals surface area contributed by atoms with Gasteiger partial charge in [-0.3, -0.25) is 0 Å². The highest BCUT2D eigenvalue weighted by Gasteiger charge is 2.27. The molecule has 1 saturated heterocycles.